The first-order valence-electron chi connectivity index (χ1n) is 30.4. The van der Waals surface area contributed by atoms with Gasteiger partial charge in [-0.15, -0.1) is 45.6 Å². The van der Waals surface area contributed by atoms with E-state index in [4.69, 9.17) is 21.1 Å². The summed E-state index contributed by atoms with van der Waals surface area (Å²) in [5.41, 5.74) is 14.3. The van der Waals surface area contributed by atoms with Gasteiger partial charge in [-0.25, -0.2) is 0 Å². The average Bonchev–Trinajstić information content (AvgIpc) is 4.46. The predicted molar refractivity (Wildman–Crippen MR) is 363 cm³/mol. The Morgan fingerprint density at radius 1 is 0.412 bits per heavy atom. The SMILES string of the molecule is CCCC(CCC)c1ccc(O)cc1.CCCC(CCC)c1ccc(OCc2ccc(-c3csc(C=O)c3)cc2)cc1.CCCC(CCC)c1ccc(OCc2ccc(-c3csc(CO)c3)cc2)cc1.O=Cc1cc(-c2ccc(CCl)cc2)cs1. The van der Waals surface area contributed by atoms with Gasteiger partial charge in [0.25, 0.3) is 0 Å². The molecule has 9 aromatic rings. The van der Waals surface area contributed by atoms with E-state index < -0.39 is 0 Å². The lowest BCUT2D eigenvalue weighted by molar-refractivity contribution is 0.111. The molecule has 2 N–H and O–H groups in total. The Balaban J connectivity index is 0.000000190. The predicted octanol–water partition coefficient (Wildman–Crippen LogP) is 22.7. The van der Waals surface area contributed by atoms with Crippen LogP contribution in [0.3, 0.4) is 0 Å². The number of benzene rings is 6. The Labute approximate surface area is 524 Å². The molecule has 0 bridgehead atoms. The van der Waals surface area contributed by atoms with Crippen LogP contribution in [-0.2, 0) is 25.7 Å². The molecule has 0 amide bonds. The first-order valence-corrected chi connectivity index (χ1v) is 33.6. The van der Waals surface area contributed by atoms with Gasteiger partial charge in [0, 0.05) is 10.8 Å². The first kappa shape index (κ1) is 67.5. The third-order valence-corrected chi connectivity index (χ3v) is 17.9. The van der Waals surface area contributed by atoms with E-state index in [0.29, 0.717) is 42.6 Å². The summed E-state index contributed by atoms with van der Waals surface area (Å²) < 4.78 is 12.0. The maximum atomic E-state index is 10.8. The maximum Gasteiger partial charge on any atom is 0.160 e. The van der Waals surface area contributed by atoms with Gasteiger partial charge >= 0.3 is 0 Å². The van der Waals surface area contributed by atoms with Gasteiger partial charge in [-0.05, 0) is 194 Å². The third-order valence-electron chi connectivity index (χ3n) is 15.0. The summed E-state index contributed by atoms with van der Waals surface area (Å²) in [6.07, 6.45) is 16.6. The van der Waals surface area contributed by atoms with Crippen LogP contribution in [0.2, 0.25) is 0 Å². The van der Waals surface area contributed by atoms with Crippen molar-refractivity contribution in [1.29, 1.82) is 0 Å². The lowest BCUT2D eigenvalue weighted by atomic mass is 9.90. The number of hydrogen-bond acceptors (Lipinski definition) is 9. The lowest BCUT2D eigenvalue weighted by Gasteiger charge is -2.16. The maximum absolute atomic E-state index is 10.8. The van der Waals surface area contributed by atoms with Crippen LogP contribution in [0.4, 0.5) is 0 Å². The van der Waals surface area contributed by atoms with Gasteiger partial charge < -0.3 is 19.7 Å². The number of ether oxygens (including phenoxy) is 2. The number of phenolic OH excluding ortho intramolecular Hbond substituents is 1. The second-order valence-corrected chi connectivity index (χ2v) is 24.7. The summed E-state index contributed by atoms with van der Waals surface area (Å²) in [4.78, 5) is 23.9. The number of thiophene rings is 3. The highest BCUT2D eigenvalue weighted by molar-refractivity contribution is 7.12. The fourth-order valence-corrected chi connectivity index (χ4v) is 12.8. The van der Waals surface area contributed by atoms with Gasteiger partial charge in [0.1, 0.15) is 30.5 Å². The van der Waals surface area contributed by atoms with Crippen LogP contribution in [-0.4, -0.2) is 22.8 Å². The molecule has 6 aromatic carbocycles. The highest BCUT2D eigenvalue weighted by atomic mass is 35.5. The number of phenols is 1. The molecule has 0 saturated carbocycles. The molecule has 0 saturated heterocycles. The molecule has 3 heterocycles. The van der Waals surface area contributed by atoms with E-state index in [1.54, 1.807) is 23.5 Å². The van der Waals surface area contributed by atoms with Crippen molar-refractivity contribution in [3.8, 4) is 50.6 Å². The fraction of sp³-hybridized carbons (Fsp3) is 0.333. The van der Waals surface area contributed by atoms with Crippen molar-refractivity contribution in [2.45, 2.75) is 162 Å². The van der Waals surface area contributed by atoms with Gasteiger partial charge in [0.2, 0.25) is 0 Å². The largest absolute Gasteiger partial charge is 0.508 e. The molecule has 0 aliphatic rings. The average molecular weight is 1220 g/mol. The molecule has 9 rings (SSSR count). The number of carbonyl (C=O) groups excluding carboxylic acids is 2. The zero-order valence-electron chi connectivity index (χ0n) is 50.7. The molecule has 0 aliphatic carbocycles. The van der Waals surface area contributed by atoms with Gasteiger partial charge in [0.15, 0.2) is 12.6 Å². The number of carbonyl (C=O) groups is 2. The van der Waals surface area contributed by atoms with E-state index >= 15 is 0 Å². The zero-order chi connectivity index (χ0) is 60.6. The molecule has 0 spiro atoms. The number of rotatable bonds is 28. The molecule has 0 fully saturated rings. The fourth-order valence-electron chi connectivity index (χ4n) is 10.4. The number of aromatic hydroxyl groups is 1. The zero-order valence-corrected chi connectivity index (χ0v) is 53.9. The van der Waals surface area contributed by atoms with Crippen LogP contribution in [0.15, 0.2) is 180 Å². The van der Waals surface area contributed by atoms with Crippen LogP contribution in [0, 0.1) is 0 Å². The molecular formula is C75H87ClO6S3. The van der Waals surface area contributed by atoms with Gasteiger partial charge in [-0.1, -0.05) is 189 Å². The van der Waals surface area contributed by atoms with Crippen molar-refractivity contribution >= 4 is 58.2 Å². The number of alkyl halides is 1. The minimum absolute atomic E-state index is 0.104. The van der Waals surface area contributed by atoms with Crippen LogP contribution in [0.25, 0.3) is 33.4 Å². The van der Waals surface area contributed by atoms with Crippen molar-refractivity contribution in [3.63, 3.8) is 0 Å². The molecular weight excluding hydrogens is 1130 g/mol. The van der Waals surface area contributed by atoms with E-state index in [-0.39, 0.29) is 6.61 Å². The summed E-state index contributed by atoms with van der Waals surface area (Å²) in [7, 11) is 0. The molecule has 448 valence electrons. The van der Waals surface area contributed by atoms with Crippen molar-refractivity contribution in [2.24, 2.45) is 0 Å². The molecule has 3 aromatic heterocycles. The summed E-state index contributed by atoms with van der Waals surface area (Å²) in [6, 6.07) is 55.6. The highest BCUT2D eigenvalue weighted by Crippen LogP contribution is 2.33. The number of aldehydes is 2. The Morgan fingerprint density at radius 3 is 1.02 bits per heavy atom. The monoisotopic (exact) mass is 1210 g/mol. The van der Waals surface area contributed by atoms with Crippen molar-refractivity contribution in [3.05, 3.63) is 228 Å². The van der Waals surface area contributed by atoms with Gasteiger partial charge in [0.05, 0.1) is 16.4 Å². The Hall–Kier alpha value is -6.59. The van der Waals surface area contributed by atoms with E-state index in [1.165, 1.54) is 122 Å². The van der Waals surface area contributed by atoms with Crippen molar-refractivity contribution in [1.82, 2.24) is 0 Å². The minimum Gasteiger partial charge on any atom is -0.508 e. The second-order valence-electron chi connectivity index (χ2n) is 21.5. The highest BCUT2D eigenvalue weighted by Gasteiger charge is 2.13. The third kappa shape index (κ3) is 22.3. The van der Waals surface area contributed by atoms with Crippen molar-refractivity contribution in [2.75, 3.05) is 0 Å². The summed E-state index contributed by atoms with van der Waals surface area (Å²) in [5.74, 6) is 4.72. The molecule has 10 heteroatoms. The van der Waals surface area contributed by atoms with Crippen LogP contribution in [0.1, 0.15) is 194 Å². The number of hydrogen-bond donors (Lipinski definition) is 2. The summed E-state index contributed by atoms with van der Waals surface area (Å²) >= 11 is 10.2. The Bertz CT molecular complexity index is 3230. The standard InChI is InChI=1S/C25H30O2S.C25H28O2S.C13H20O.C12H9ClOS/c2*1-3-5-20(6-4-2)21-11-13-24(14-12-21)27-17-19-7-9-22(10-8-19)23-15-25(16-26)28-18-23;1-3-5-11(6-4-2)12-7-9-13(14)10-8-12;13-6-9-1-3-10(4-2-9)11-5-12(7-14)15-8-11/h7-15,18,20,26H,3-6,16-17H2,1-2H3;7-16,18,20H,3-6,17H2,1-2H3;7-11,14H,3-6H2,1-2H3;1-5,7-8H,6H2. The minimum atomic E-state index is 0.104. The molecule has 0 aliphatic heterocycles. The van der Waals surface area contributed by atoms with Crippen LogP contribution < -0.4 is 9.47 Å². The van der Waals surface area contributed by atoms with Gasteiger partial charge in [-0.2, -0.15) is 0 Å². The topological polar surface area (TPSA) is 93.1 Å². The van der Waals surface area contributed by atoms with E-state index in [1.807, 2.05) is 65.4 Å². The quantitative estimate of drug-likeness (QED) is 0.0375. The van der Waals surface area contributed by atoms with E-state index in [2.05, 4.69) is 144 Å². The van der Waals surface area contributed by atoms with Crippen LogP contribution >= 0.6 is 45.6 Å². The summed E-state index contributed by atoms with van der Waals surface area (Å²) in [5, 5.41) is 24.5. The molecule has 6 nitrogen and oxygen atoms in total. The number of aliphatic hydroxyl groups excluding tert-OH is 1. The lowest BCUT2D eigenvalue weighted by Crippen LogP contribution is -1.99. The molecule has 0 unspecified atom stereocenters. The molecule has 85 heavy (non-hydrogen) atoms. The number of aliphatic hydroxyl groups is 1. The smallest absolute Gasteiger partial charge is 0.160 e. The Kier molecular flexibility index (Phi) is 30.0. The molecule has 0 atom stereocenters. The normalized spacial score (nSPS) is 10.9. The summed E-state index contributed by atoms with van der Waals surface area (Å²) in [6.45, 7) is 14.7. The second kappa shape index (κ2) is 37.8. The van der Waals surface area contributed by atoms with Crippen LogP contribution in [0.5, 0.6) is 17.2 Å². The number of halogens is 1. The van der Waals surface area contributed by atoms with E-state index in [0.717, 1.165) is 83.2 Å². The van der Waals surface area contributed by atoms with E-state index in [9.17, 15) is 19.8 Å². The van der Waals surface area contributed by atoms with Crippen molar-refractivity contribution < 1.29 is 29.3 Å². The van der Waals surface area contributed by atoms with Gasteiger partial charge in [-0.3, -0.25) is 9.59 Å². The first-order chi connectivity index (χ1) is 41.6. The molecule has 0 radical (unpaired) electrons. The Morgan fingerprint density at radius 2 is 0.729 bits per heavy atom.